The molecule has 0 radical (unpaired) electrons. The molecule has 3 N–H and O–H groups in total. The third-order valence-corrected chi connectivity index (χ3v) is 6.50. The highest BCUT2D eigenvalue weighted by atomic mass is 16.4. The molecule has 3 aromatic carbocycles. The van der Waals surface area contributed by atoms with Crippen molar-refractivity contribution in [1.29, 1.82) is 0 Å². The van der Waals surface area contributed by atoms with Crippen LogP contribution in [0.25, 0.3) is 11.3 Å². The van der Waals surface area contributed by atoms with Gasteiger partial charge in [-0.3, -0.25) is 9.98 Å². The summed E-state index contributed by atoms with van der Waals surface area (Å²) >= 11 is 0. The van der Waals surface area contributed by atoms with E-state index in [1.807, 2.05) is 67.7 Å². The molecule has 0 saturated heterocycles. The molecule has 0 atom stereocenters. The molecule has 6 heteroatoms. The number of aliphatic imine (C=N–C) groups is 2. The molecular weight excluding hydrogens is 496 g/mol. The van der Waals surface area contributed by atoms with Crippen LogP contribution in [0.3, 0.4) is 0 Å². The van der Waals surface area contributed by atoms with Gasteiger partial charge in [-0.05, 0) is 98.8 Å². The third kappa shape index (κ3) is 7.11. The first-order chi connectivity index (χ1) is 19.2. The Kier molecular flexibility index (Phi) is 8.92. The summed E-state index contributed by atoms with van der Waals surface area (Å²) < 4.78 is 0. The van der Waals surface area contributed by atoms with E-state index in [0.29, 0.717) is 16.7 Å². The fourth-order valence-electron chi connectivity index (χ4n) is 4.51. The summed E-state index contributed by atoms with van der Waals surface area (Å²) in [4.78, 5) is 26.8. The second-order valence-electron chi connectivity index (χ2n) is 9.81. The molecule has 0 aliphatic rings. The molecule has 5 rings (SSSR count). The minimum atomic E-state index is -0.905. The number of carboxylic acid groups (broad SMARTS) is 1. The van der Waals surface area contributed by atoms with Gasteiger partial charge in [0.2, 0.25) is 0 Å². The molecule has 0 fully saturated rings. The average Bonchev–Trinajstić information content (AvgIpc) is 3.56. The summed E-state index contributed by atoms with van der Waals surface area (Å²) in [6.45, 7) is 9.78. The maximum absolute atomic E-state index is 11.2. The summed E-state index contributed by atoms with van der Waals surface area (Å²) in [6.07, 6.45) is 3.63. The number of aryl methyl sites for hydroxylation is 5. The predicted molar refractivity (Wildman–Crippen MR) is 165 cm³/mol. The van der Waals surface area contributed by atoms with Gasteiger partial charge < -0.3 is 15.1 Å². The third-order valence-electron chi connectivity index (χ3n) is 6.50. The first-order valence-electron chi connectivity index (χ1n) is 13.1. The van der Waals surface area contributed by atoms with Crippen LogP contribution in [-0.4, -0.2) is 33.5 Å². The van der Waals surface area contributed by atoms with Crippen LogP contribution in [0.4, 0.5) is 11.4 Å². The molecule has 6 nitrogen and oxygen atoms in total. The van der Waals surface area contributed by atoms with Gasteiger partial charge in [0, 0.05) is 11.4 Å². The van der Waals surface area contributed by atoms with Crippen molar-refractivity contribution in [1.82, 2.24) is 9.97 Å². The number of carboxylic acids is 1. The molecule has 0 amide bonds. The second kappa shape index (κ2) is 12.7. The normalized spacial score (nSPS) is 11.1. The number of hydrogen-bond donors (Lipinski definition) is 3. The molecule has 0 saturated carbocycles. The summed E-state index contributed by atoms with van der Waals surface area (Å²) in [6, 6.07) is 27.9. The molecular formula is C34H34N4O2. The second-order valence-corrected chi connectivity index (χ2v) is 9.81. The Hall–Kier alpha value is -4.97. The Bertz CT molecular complexity index is 1630. The van der Waals surface area contributed by atoms with Crippen molar-refractivity contribution >= 4 is 29.8 Å². The molecule has 0 unspecified atom stereocenters. The zero-order valence-electron chi connectivity index (χ0n) is 23.5. The van der Waals surface area contributed by atoms with E-state index < -0.39 is 5.97 Å². The monoisotopic (exact) mass is 530 g/mol. The van der Waals surface area contributed by atoms with E-state index in [1.54, 1.807) is 32.2 Å². The lowest BCUT2D eigenvalue weighted by atomic mass is 10.0. The largest absolute Gasteiger partial charge is 0.478 e. The standard InChI is InChI=1S/C20H18N2O2.C14H16N2/c1-13-10-17(11-14(2)19(13)20(23)24)21-12-16-8-9-18(22-16)15-6-4-3-5-7-15;1-10-5-4-6-11(2)14(10)15-9-13-8-7-12(3)16-13/h3-12,22H,1-2H3,(H,23,24);4-9,16H,1-3H3. The van der Waals surface area contributed by atoms with Gasteiger partial charge in [-0.2, -0.15) is 0 Å². The molecule has 202 valence electrons. The number of rotatable bonds is 6. The SMILES string of the molecule is Cc1cc(N=Cc2ccc(-c3ccccc3)[nH]2)cc(C)c1C(=O)O.Cc1ccc(C=Nc2c(C)cccc2C)[nH]1. The zero-order chi connectivity index (χ0) is 28.6. The van der Waals surface area contributed by atoms with E-state index >= 15 is 0 Å². The van der Waals surface area contributed by atoms with E-state index in [9.17, 15) is 9.90 Å². The molecule has 0 aliphatic carbocycles. The van der Waals surface area contributed by atoms with E-state index in [-0.39, 0.29) is 0 Å². The van der Waals surface area contributed by atoms with Crippen LogP contribution in [0.2, 0.25) is 0 Å². The van der Waals surface area contributed by atoms with Gasteiger partial charge in [0.15, 0.2) is 0 Å². The van der Waals surface area contributed by atoms with Crippen molar-refractivity contribution in [2.75, 3.05) is 0 Å². The smallest absolute Gasteiger partial charge is 0.336 e. The lowest BCUT2D eigenvalue weighted by Crippen LogP contribution is -2.02. The van der Waals surface area contributed by atoms with Gasteiger partial charge >= 0.3 is 5.97 Å². The van der Waals surface area contributed by atoms with Crippen molar-refractivity contribution in [3.8, 4) is 11.3 Å². The van der Waals surface area contributed by atoms with E-state index in [1.165, 1.54) is 11.1 Å². The topological polar surface area (TPSA) is 93.6 Å². The maximum Gasteiger partial charge on any atom is 0.336 e. The quantitative estimate of drug-likeness (QED) is 0.192. The lowest BCUT2D eigenvalue weighted by molar-refractivity contribution is 0.0695. The summed E-state index contributed by atoms with van der Waals surface area (Å²) in [7, 11) is 0. The number of aromatic carboxylic acids is 1. The van der Waals surface area contributed by atoms with Gasteiger partial charge in [-0.15, -0.1) is 0 Å². The fraction of sp³-hybridized carbons (Fsp3) is 0.147. The van der Waals surface area contributed by atoms with Gasteiger partial charge in [-0.1, -0.05) is 48.5 Å². The van der Waals surface area contributed by atoms with Crippen molar-refractivity contribution < 1.29 is 9.90 Å². The highest BCUT2D eigenvalue weighted by Crippen LogP contribution is 2.24. The van der Waals surface area contributed by atoms with E-state index in [4.69, 9.17) is 0 Å². The Labute approximate surface area is 235 Å². The van der Waals surface area contributed by atoms with Crippen LogP contribution in [0.15, 0.2) is 94.9 Å². The number of aromatic amines is 2. The number of benzene rings is 3. The fourth-order valence-corrected chi connectivity index (χ4v) is 4.51. The van der Waals surface area contributed by atoms with Crippen LogP contribution >= 0.6 is 0 Å². The number of carbonyl (C=O) groups is 1. The van der Waals surface area contributed by atoms with E-state index in [0.717, 1.165) is 39.7 Å². The van der Waals surface area contributed by atoms with Gasteiger partial charge in [-0.25, -0.2) is 4.79 Å². The van der Waals surface area contributed by atoms with Gasteiger partial charge in [0.25, 0.3) is 0 Å². The van der Waals surface area contributed by atoms with Crippen molar-refractivity contribution in [2.45, 2.75) is 34.6 Å². The Morgan fingerprint density at radius 3 is 1.88 bits per heavy atom. The molecule has 0 aliphatic heterocycles. The molecule has 40 heavy (non-hydrogen) atoms. The summed E-state index contributed by atoms with van der Waals surface area (Å²) in [5.74, 6) is -0.905. The number of H-pyrrole nitrogens is 2. The van der Waals surface area contributed by atoms with Gasteiger partial charge in [0.1, 0.15) is 0 Å². The van der Waals surface area contributed by atoms with Crippen LogP contribution in [-0.2, 0) is 0 Å². The summed E-state index contributed by atoms with van der Waals surface area (Å²) in [5.41, 5.74) is 11.2. The highest BCUT2D eigenvalue weighted by molar-refractivity contribution is 5.92. The first-order valence-corrected chi connectivity index (χ1v) is 13.1. The van der Waals surface area contributed by atoms with Crippen molar-refractivity contribution in [2.24, 2.45) is 9.98 Å². The Balaban J connectivity index is 0.000000201. The van der Waals surface area contributed by atoms with Crippen LogP contribution < -0.4 is 0 Å². The molecule has 0 spiro atoms. The molecule has 5 aromatic rings. The Morgan fingerprint density at radius 1 is 0.675 bits per heavy atom. The van der Waals surface area contributed by atoms with E-state index in [2.05, 4.69) is 52.0 Å². The maximum atomic E-state index is 11.2. The predicted octanol–water partition coefficient (Wildman–Crippen LogP) is 8.44. The molecule has 2 heterocycles. The molecule has 0 bridgehead atoms. The number of aromatic nitrogens is 2. The minimum absolute atomic E-state index is 0.347. The van der Waals surface area contributed by atoms with Crippen LogP contribution in [0, 0.1) is 34.6 Å². The Morgan fingerprint density at radius 2 is 1.27 bits per heavy atom. The molecule has 2 aromatic heterocycles. The van der Waals surface area contributed by atoms with Crippen molar-refractivity contribution in [3.63, 3.8) is 0 Å². The number of nitrogens with one attached hydrogen (secondary N) is 2. The number of para-hydroxylation sites is 1. The highest BCUT2D eigenvalue weighted by Gasteiger charge is 2.11. The first kappa shape index (κ1) is 28.0. The average molecular weight is 531 g/mol. The minimum Gasteiger partial charge on any atom is -0.478 e. The van der Waals surface area contributed by atoms with Crippen molar-refractivity contribution in [3.05, 3.63) is 130 Å². The van der Waals surface area contributed by atoms with Gasteiger partial charge in [0.05, 0.1) is 40.8 Å². The van der Waals surface area contributed by atoms with Crippen LogP contribution in [0.5, 0.6) is 0 Å². The summed E-state index contributed by atoms with van der Waals surface area (Å²) in [5, 5.41) is 9.21. The number of nitrogens with zero attached hydrogens (tertiary/aromatic N) is 2. The lowest BCUT2D eigenvalue weighted by Gasteiger charge is -2.06. The van der Waals surface area contributed by atoms with Crippen LogP contribution in [0.1, 0.15) is 49.7 Å². The zero-order valence-corrected chi connectivity index (χ0v) is 23.5. The number of hydrogen-bond acceptors (Lipinski definition) is 3.